The highest BCUT2D eigenvalue weighted by atomic mass is 16.5. The molecule has 138 valence electrons. The van der Waals surface area contributed by atoms with Gasteiger partial charge in [0.1, 0.15) is 18.4 Å². The Balaban J connectivity index is 1.76. The summed E-state index contributed by atoms with van der Waals surface area (Å²) in [5.41, 5.74) is 2.42. The van der Waals surface area contributed by atoms with E-state index in [-0.39, 0.29) is 18.9 Å². The van der Waals surface area contributed by atoms with Gasteiger partial charge in [0.15, 0.2) is 11.5 Å². The molecule has 7 nitrogen and oxygen atoms in total. The molecule has 1 aromatic heterocycles. The summed E-state index contributed by atoms with van der Waals surface area (Å²) in [6.07, 6.45) is 0. The fraction of sp³-hybridized carbons (Fsp3) is 0.143. The fourth-order valence-corrected chi connectivity index (χ4v) is 2.45. The third kappa shape index (κ3) is 4.17. The Bertz CT molecular complexity index is 1070. The number of carbonyl (C=O) groups excluding carboxylic acids is 1. The molecule has 0 bridgehead atoms. The van der Waals surface area contributed by atoms with Gasteiger partial charge >= 0.3 is 5.97 Å². The zero-order chi connectivity index (χ0) is 19.9. The molecule has 0 radical (unpaired) electrons. The molecule has 7 heteroatoms. The summed E-state index contributed by atoms with van der Waals surface area (Å²) in [7, 11) is 0. The molecule has 0 unspecified atom stereocenters. The van der Waals surface area contributed by atoms with Gasteiger partial charge in [0, 0.05) is 11.6 Å². The van der Waals surface area contributed by atoms with Gasteiger partial charge in [-0.2, -0.15) is 10.5 Å². The fourth-order valence-electron chi connectivity index (χ4n) is 2.45. The summed E-state index contributed by atoms with van der Waals surface area (Å²) >= 11 is 0. The predicted molar refractivity (Wildman–Crippen MR) is 98.1 cm³/mol. The van der Waals surface area contributed by atoms with E-state index in [1.165, 1.54) is 6.07 Å². The Morgan fingerprint density at radius 3 is 2.57 bits per heavy atom. The standard InChI is InChI=1S/C21H15N3O4/c1-2-26-21(25)18-10-20(28-24-18)16-7-8-19(17(9-16)12-23)27-13-15-5-3-14(11-22)4-6-15/h3-10H,2,13H2,1H3. The summed E-state index contributed by atoms with van der Waals surface area (Å²) in [6, 6.07) is 17.6. The molecular weight excluding hydrogens is 358 g/mol. The van der Waals surface area contributed by atoms with E-state index in [2.05, 4.69) is 17.3 Å². The molecule has 1 heterocycles. The largest absolute Gasteiger partial charge is 0.488 e. The molecule has 0 amide bonds. The van der Waals surface area contributed by atoms with E-state index >= 15 is 0 Å². The van der Waals surface area contributed by atoms with Crippen LogP contribution >= 0.6 is 0 Å². The van der Waals surface area contributed by atoms with Gasteiger partial charge in [-0.05, 0) is 42.8 Å². The molecule has 2 aromatic carbocycles. The Kier molecular flexibility index (Phi) is 5.69. The molecule has 28 heavy (non-hydrogen) atoms. The lowest BCUT2D eigenvalue weighted by atomic mass is 10.1. The minimum atomic E-state index is -0.569. The van der Waals surface area contributed by atoms with Crippen LogP contribution in [0.15, 0.2) is 53.1 Å². The molecule has 0 aliphatic heterocycles. The number of aromatic nitrogens is 1. The first-order chi connectivity index (χ1) is 13.6. The van der Waals surface area contributed by atoms with Crippen LogP contribution in [0.2, 0.25) is 0 Å². The van der Waals surface area contributed by atoms with Gasteiger partial charge in [-0.15, -0.1) is 0 Å². The summed E-state index contributed by atoms with van der Waals surface area (Å²) in [4.78, 5) is 11.7. The van der Waals surface area contributed by atoms with Gasteiger partial charge in [0.05, 0.1) is 23.8 Å². The van der Waals surface area contributed by atoms with Gasteiger partial charge < -0.3 is 14.0 Å². The van der Waals surface area contributed by atoms with Crippen molar-refractivity contribution in [1.82, 2.24) is 5.16 Å². The minimum absolute atomic E-state index is 0.0662. The quantitative estimate of drug-likeness (QED) is 0.604. The number of carbonyl (C=O) groups is 1. The molecule has 0 aliphatic rings. The number of esters is 1. The maximum atomic E-state index is 11.7. The van der Waals surface area contributed by atoms with Crippen LogP contribution in [0, 0.1) is 22.7 Å². The lowest BCUT2D eigenvalue weighted by molar-refractivity contribution is 0.0514. The van der Waals surface area contributed by atoms with Crippen molar-refractivity contribution in [2.45, 2.75) is 13.5 Å². The number of nitrogens with zero attached hydrogens (tertiary/aromatic N) is 3. The van der Waals surface area contributed by atoms with Crippen molar-refractivity contribution < 1.29 is 18.8 Å². The SMILES string of the molecule is CCOC(=O)c1cc(-c2ccc(OCc3ccc(C#N)cc3)c(C#N)c2)on1. The Morgan fingerprint density at radius 2 is 1.89 bits per heavy atom. The molecule has 0 N–H and O–H groups in total. The first-order valence-corrected chi connectivity index (χ1v) is 8.44. The van der Waals surface area contributed by atoms with Crippen molar-refractivity contribution >= 4 is 5.97 Å². The van der Waals surface area contributed by atoms with Crippen molar-refractivity contribution in [1.29, 1.82) is 10.5 Å². The number of hydrogen-bond donors (Lipinski definition) is 0. The monoisotopic (exact) mass is 373 g/mol. The van der Waals surface area contributed by atoms with E-state index in [1.807, 2.05) is 0 Å². The zero-order valence-electron chi connectivity index (χ0n) is 15.0. The highest BCUT2D eigenvalue weighted by Gasteiger charge is 2.16. The number of ether oxygens (including phenoxy) is 2. The van der Waals surface area contributed by atoms with Crippen molar-refractivity contribution in [3.05, 3.63) is 70.9 Å². The van der Waals surface area contributed by atoms with E-state index in [0.29, 0.717) is 28.2 Å². The van der Waals surface area contributed by atoms with Gasteiger partial charge in [-0.3, -0.25) is 0 Å². The summed E-state index contributed by atoms with van der Waals surface area (Å²) in [5, 5.41) is 22.0. The van der Waals surface area contributed by atoms with Crippen molar-refractivity contribution in [3.8, 4) is 29.2 Å². The summed E-state index contributed by atoms with van der Waals surface area (Å²) < 4.78 is 15.8. The lowest BCUT2D eigenvalue weighted by Gasteiger charge is -2.09. The van der Waals surface area contributed by atoms with Crippen LogP contribution in [-0.4, -0.2) is 17.7 Å². The van der Waals surface area contributed by atoms with Crippen LogP contribution in [0.4, 0.5) is 0 Å². The van der Waals surface area contributed by atoms with Crippen molar-refractivity contribution in [2.75, 3.05) is 6.61 Å². The number of hydrogen-bond acceptors (Lipinski definition) is 7. The topological polar surface area (TPSA) is 109 Å². The summed E-state index contributed by atoms with van der Waals surface area (Å²) in [6.45, 7) is 2.20. The molecule has 0 fully saturated rings. The minimum Gasteiger partial charge on any atom is -0.488 e. The first-order valence-electron chi connectivity index (χ1n) is 8.44. The van der Waals surface area contributed by atoms with Crippen molar-refractivity contribution in [2.24, 2.45) is 0 Å². The maximum absolute atomic E-state index is 11.7. The van der Waals surface area contributed by atoms with Crippen LogP contribution in [0.1, 0.15) is 34.1 Å². The van der Waals surface area contributed by atoms with E-state index in [0.717, 1.165) is 5.56 Å². The second-order valence-corrected chi connectivity index (χ2v) is 5.72. The van der Waals surface area contributed by atoms with Crippen molar-refractivity contribution in [3.63, 3.8) is 0 Å². The Labute approximate surface area is 161 Å². The average molecular weight is 373 g/mol. The van der Waals surface area contributed by atoms with Crippen LogP contribution in [-0.2, 0) is 11.3 Å². The second kappa shape index (κ2) is 8.52. The highest BCUT2D eigenvalue weighted by Crippen LogP contribution is 2.27. The van der Waals surface area contributed by atoms with Crippen LogP contribution in [0.5, 0.6) is 5.75 Å². The third-order valence-corrected chi connectivity index (χ3v) is 3.86. The highest BCUT2D eigenvalue weighted by molar-refractivity contribution is 5.88. The van der Waals surface area contributed by atoms with E-state index < -0.39 is 5.97 Å². The molecule has 3 aromatic rings. The number of nitriles is 2. The van der Waals surface area contributed by atoms with E-state index in [1.54, 1.807) is 49.4 Å². The molecule has 0 aliphatic carbocycles. The Morgan fingerprint density at radius 1 is 1.11 bits per heavy atom. The molecular formula is C21H15N3O4. The van der Waals surface area contributed by atoms with Gasteiger partial charge in [-0.1, -0.05) is 17.3 Å². The van der Waals surface area contributed by atoms with E-state index in [9.17, 15) is 10.1 Å². The molecule has 0 atom stereocenters. The number of rotatable bonds is 6. The van der Waals surface area contributed by atoms with Crippen LogP contribution in [0.3, 0.4) is 0 Å². The van der Waals surface area contributed by atoms with Gasteiger partial charge in [0.25, 0.3) is 0 Å². The molecule has 0 saturated heterocycles. The summed E-state index contributed by atoms with van der Waals surface area (Å²) in [5.74, 6) is 0.194. The molecule has 0 saturated carbocycles. The van der Waals surface area contributed by atoms with Crippen LogP contribution in [0.25, 0.3) is 11.3 Å². The van der Waals surface area contributed by atoms with E-state index in [4.69, 9.17) is 19.3 Å². The second-order valence-electron chi connectivity index (χ2n) is 5.72. The number of benzene rings is 2. The maximum Gasteiger partial charge on any atom is 0.360 e. The lowest BCUT2D eigenvalue weighted by Crippen LogP contribution is -2.04. The third-order valence-electron chi connectivity index (χ3n) is 3.86. The Hall–Kier alpha value is -4.10. The smallest absolute Gasteiger partial charge is 0.360 e. The first kappa shape index (κ1) is 18.7. The van der Waals surface area contributed by atoms with Gasteiger partial charge in [-0.25, -0.2) is 4.79 Å². The van der Waals surface area contributed by atoms with Crippen LogP contribution < -0.4 is 4.74 Å². The normalized spacial score (nSPS) is 9.96. The average Bonchev–Trinajstić information content (AvgIpc) is 3.23. The molecule has 0 spiro atoms. The zero-order valence-corrected chi connectivity index (χ0v) is 15.0. The van der Waals surface area contributed by atoms with Gasteiger partial charge in [0.2, 0.25) is 0 Å². The predicted octanol–water partition coefficient (Wildman–Crippen LogP) is 3.84. The molecule has 3 rings (SSSR count).